The van der Waals surface area contributed by atoms with Gasteiger partial charge < -0.3 is 0 Å². The van der Waals surface area contributed by atoms with E-state index in [1.54, 1.807) is 38.5 Å². The number of hydrogen-bond acceptors (Lipinski definition) is 2. The third-order valence-corrected chi connectivity index (χ3v) is 37.5. The van der Waals surface area contributed by atoms with E-state index >= 15 is 0 Å². The summed E-state index contributed by atoms with van der Waals surface area (Å²) in [6, 6.07) is 0. The van der Waals surface area contributed by atoms with E-state index in [4.69, 9.17) is 12.2 Å². The van der Waals surface area contributed by atoms with E-state index in [0.29, 0.717) is 0 Å². The standard InChI is InChI=1S/3C6H11.C5H11NS2.Sn/c3*1-2-4-6-5-3-1;1-2-3-4-6-5(7)8;/h3*1H,2-6H2;2-4H2,1H3,(H2,6,7,8);/q;;;;+1/p-1. The predicted octanol–water partition coefficient (Wildman–Crippen LogP) is 8.34. The van der Waals surface area contributed by atoms with Gasteiger partial charge in [0.1, 0.15) is 0 Å². The van der Waals surface area contributed by atoms with Gasteiger partial charge >= 0.3 is 182 Å². The molecule has 3 aliphatic carbocycles. The molecule has 0 atom stereocenters. The molecule has 0 amide bonds. The molecule has 0 heterocycles. The van der Waals surface area contributed by atoms with Crippen molar-refractivity contribution in [3.05, 3.63) is 0 Å². The van der Waals surface area contributed by atoms with Gasteiger partial charge in [0.25, 0.3) is 0 Å². The van der Waals surface area contributed by atoms with Gasteiger partial charge in [-0.3, -0.25) is 0 Å². The second-order valence-corrected chi connectivity index (χ2v) is 29.2. The second kappa shape index (κ2) is 12.0. The van der Waals surface area contributed by atoms with Crippen LogP contribution in [0.3, 0.4) is 0 Å². The van der Waals surface area contributed by atoms with Crippen LogP contribution in [-0.4, -0.2) is 27.9 Å². The van der Waals surface area contributed by atoms with Crippen molar-refractivity contribution in [1.29, 1.82) is 0 Å². The van der Waals surface area contributed by atoms with E-state index in [2.05, 4.69) is 21.2 Å². The molecule has 0 spiro atoms. The molecule has 0 aromatic heterocycles. The van der Waals surface area contributed by atoms with Gasteiger partial charge in [0.15, 0.2) is 0 Å². The van der Waals surface area contributed by atoms with Gasteiger partial charge in [-0.15, -0.1) is 0 Å². The van der Waals surface area contributed by atoms with Crippen LogP contribution in [0.4, 0.5) is 0 Å². The maximum atomic E-state index is 6.03. The first-order chi connectivity index (χ1) is 13.3. The van der Waals surface area contributed by atoms with Crippen molar-refractivity contribution in [3.63, 3.8) is 0 Å². The summed E-state index contributed by atoms with van der Waals surface area (Å²) in [5, 5.41) is 3.70. The molecular formula is C23H43NS2Sn. The topological polar surface area (TPSA) is 12.0 Å². The van der Waals surface area contributed by atoms with Gasteiger partial charge in [0, 0.05) is 0 Å². The Balaban J connectivity index is 1.85. The summed E-state index contributed by atoms with van der Waals surface area (Å²) in [6.07, 6.45) is 25.5. The number of thiocarbonyl (C=S) groups is 1. The molecule has 0 saturated heterocycles. The van der Waals surface area contributed by atoms with Gasteiger partial charge in [0.05, 0.1) is 0 Å². The fraction of sp³-hybridized carbons (Fsp3) is 0.957. The Labute approximate surface area is 181 Å². The zero-order valence-electron chi connectivity index (χ0n) is 17.8. The Morgan fingerprint density at radius 1 is 0.778 bits per heavy atom. The quantitative estimate of drug-likeness (QED) is 0.208. The third-order valence-electron chi connectivity index (χ3n) is 7.80. The van der Waals surface area contributed by atoms with Gasteiger partial charge in [-0.1, -0.05) is 0 Å². The van der Waals surface area contributed by atoms with E-state index in [0.717, 1.165) is 18.3 Å². The van der Waals surface area contributed by atoms with E-state index in [1.165, 1.54) is 74.9 Å². The van der Waals surface area contributed by atoms with Gasteiger partial charge in [-0.05, 0) is 0 Å². The fourth-order valence-electron chi connectivity index (χ4n) is 6.48. The van der Waals surface area contributed by atoms with Gasteiger partial charge in [-0.25, -0.2) is 0 Å². The van der Waals surface area contributed by atoms with Crippen molar-refractivity contribution in [3.8, 4) is 0 Å². The maximum absolute atomic E-state index is 6.03. The second-order valence-electron chi connectivity index (χ2n) is 9.53. The average Bonchev–Trinajstić information content (AvgIpc) is 2.74. The zero-order valence-corrected chi connectivity index (χ0v) is 22.3. The summed E-state index contributed by atoms with van der Waals surface area (Å²) in [5.74, 6) is 0. The predicted molar refractivity (Wildman–Crippen MR) is 129 cm³/mol. The van der Waals surface area contributed by atoms with Crippen molar-refractivity contribution < 1.29 is 0 Å². The Morgan fingerprint density at radius 2 is 1.19 bits per heavy atom. The molecular weight excluding hydrogens is 473 g/mol. The van der Waals surface area contributed by atoms with Crippen molar-refractivity contribution in [2.75, 3.05) is 6.54 Å². The normalized spacial score (nSPS) is 24.0. The van der Waals surface area contributed by atoms with Crippen LogP contribution in [0.5, 0.6) is 0 Å². The van der Waals surface area contributed by atoms with E-state index < -0.39 is 17.0 Å². The molecule has 156 valence electrons. The van der Waals surface area contributed by atoms with Crippen molar-refractivity contribution in [1.82, 2.24) is 5.32 Å². The molecule has 3 fully saturated rings. The van der Waals surface area contributed by atoms with Crippen LogP contribution in [0.25, 0.3) is 0 Å². The average molecular weight is 516 g/mol. The van der Waals surface area contributed by atoms with Crippen LogP contribution in [0.15, 0.2) is 0 Å². The summed E-state index contributed by atoms with van der Waals surface area (Å²) in [5.41, 5.74) is 0. The molecule has 1 nitrogen and oxygen atoms in total. The molecule has 0 bridgehead atoms. The monoisotopic (exact) mass is 517 g/mol. The molecule has 0 aromatic rings. The first-order valence-electron chi connectivity index (χ1n) is 12.2. The first kappa shape index (κ1) is 22.7. The molecule has 0 unspecified atom stereocenters. The molecule has 0 aromatic carbocycles. The minimum atomic E-state index is -2.50. The number of hydrogen-bond donors (Lipinski definition) is 1. The summed E-state index contributed by atoms with van der Waals surface area (Å²) in [6.45, 7) is 3.39. The molecule has 0 radical (unpaired) electrons. The summed E-state index contributed by atoms with van der Waals surface area (Å²) in [4.78, 5) is 0. The molecule has 3 aliphatic rings. The molecule has 1 N–H and O–H groups in total. The summed E-state index contributed by atoms with van der Waals surface area (Å²) in [7, 11) is 2.39. The van der Waals surface area contributed by atoms with Crippen LogP contribution < -0.4 is 5.32 Å². The van der Waals surface area contributed by atoms with Crippen LogP contribution in [0, 0.1) is 0 Å². The third kappa shape index (κ3) is 6.03. The SMILES string of the molecule is CCCCNC(=S)[S][Sn]([CH]1CCCCC1)([CH]1CCCCC1)[CH]1CCCCC1. The minimum absolute atomic E-state index is 1.10. The number of nitrogens with one attached hydrogen (secondary N) is 1. The Hall–Kier alpha value is 1.04. The molecule has 0 aliphatic heterocycles. The molecule has 3 rings (SSSR count). The number of rotatable bonds is 7. The van der Waals surface area contributed by atoms with Gasteiger partial charge in [-0.2, -0.15) is 0 Å². The summed E-state index contributed by atoms with van der Waals surface area (Å²) >= 11 is 3.53. The van der Waals surface area contributed by atoms with Gasteiger partial charge in [0.2, 0.25) is 0 Å². The number of unbranched alkanes of at least 4 members (excludes halogenated alkanes) is 1. The Morgan fingerprint density at radius 3 is 1.56 bits per heavy atom. The van der Waals surface area contributed by atoms with Crippen molar-refractivity contribution >= 4 is 42.5 Å². The molecule has 4 heteroatoms. The first-order valence-corrected chi connectivity index (χ1v) is 21.9. The van der Waals surface area contributed by atoms with Crippen LogP contribution in [-0.2, 0) is 0 Å². The summed E-state index contributed by atoms with van der Waals surface area (Å²) < 4.78 is 4.58. The van der Waals surface area contributed by atoms with E-state index in [1.807, 2.05) is 0 Å². The fourth-order valence-corrected chi connectivity index (χ4v) is 39.8. The van der Waals surface area contributed by atoms with E-state index in [9.17, 15) is 0 Å². The molecule has 27 heavy (non-hydrogen) atoms. The van der Waals surface area contributed by atoms with Crippen LogP contribution >= 0.6 is 21.2 Å². The van der Waals surface area contributed by atoms with Crippen LogP contribution in [0.2, 0.25) is 11.8 Å². The Kier molecular flexibility index (Phi) is 10.1. The Bertz CT molecular complexity index is 392. The van der Waals surface area contributed by atoms with Crippen molar-refractivity contribution in [2.45, 2.75) is 128 Å². The van der Waals surface area contributed by atoms with E-state index in [-0.39, 0.29) is 0 Å². The van der Waals surface area contributed by atoms with Crippen molar-refractivity contribution in [2.24, 2.45) is 0 Å². The van der Waals surface area contributed by atoms with Crippen LogP contribution in [0.1, 0.15) is 116 Å². The zero-order chi connectivity index (χ0) is 19.0. The molecule has 3 saturated carbocycles.